The van der Waals surface area contributed by atoms with Crippen LogP contribution in [0.3, 0.4) is 0 Å². The summed E-state index contributed by atoms with van der Waals surface area (Å²) in [5, 5.41) is 0. The van der Waals surface area contributed by atoms with Gasteiger partial charge in [-0.3, -0.25) is 14.4 Å². The van der Waals surface area contributed by atoms with Crippen LogP contribution in [0.4, 0.5) is 0 Å². The highest BCUT2D eigenvalue weighted by molar-refractivity contribution is 5.71. The highest BCUT2D eigenvalue weighted by Gasteiger charge is 2.19. The number of rotatable bonds is 60. The molecule has 0 amide bonds. The predicted octanol–water partition coefficient (Wildman–Crippen LogP) is 22.3. The van der Waals surface area contributed by atoms with Crippen molar-refractivity contribution in [2.75, 3.05) is 13.2 Å². The summed E-state index contributed by atoms with van der Waals surface area (Å²) in [7, 11) is 0. The molecule has 6 heteroatoms. The summed E-state index contributed by atoms with van der Waals surface area (Å²) in [4.78, 5) is 38.3. The van der Waals surface area contributed by atoms with Gasteiger partial charge in [0.05, 0.1) is 0 Å². The van der Waals surface area contributed by atoms with Crippen molar-refractivity contribution in [3.63, 3.8) is 0 Å². The third kappa shape index (κ3) is 61.8. The maximum Gasteiger partial charge on any atom is 0.306 e. The Morgan fingerprint density at radius 3 is 0.800 bits per heavy atom. The fourth-order valence-corrected chi connectivity index (χ4v) is 9.49. The molecule has 6 nitrogen and oxygen atoms in total. The number of esters is 3. The molecule has 0 aromatic heterocycles. The molecule has 0 aromatic rings. The van der Waals surface area contributed by atoms with Crippen LogP contribution in [0, 0.1) is 0 Å². The third-order valence-electron chi connectivity index (χ3n) is 14.5. The Hall–Kier alpha value is -2.89. The molecule has 75 heavy (non-hydrogen) atoms. The predicted molar refractivity (Wildman–Crippen MR) is 325 cm³/mol. The van der Waals surface area contributed by atoms with Gasteiger partial charge in [0.1, 0.15) is 13.2 Å². The molecule has 436 valence electrons. The molecule has 0 heterocycles. The molecule has 0 rings (SSSR count). The van der Waals surface area contributed by atoms with E-state index in [0.717, 1.165) is 83.5 Å². The average Bonchev–Trinajstić information content (AvgIpc) is 3.41. The number of ether oxygens (including phenoxy) is 3. The molecule has 0 saturated carbocycles. The van der Waals surface area contributed by atoms with Crippen molar-refractivity contribution in [3.05, 3.63) is 60.8 Å². The van der Waals surface area contributed by atoms with Crippen molar-refractivity contribution in [2.24, 2.45) is 0 Å². The van der Waals surface area contributed by atoms with Crippen LogP contribution in [0.2, 0.25) is 0 Å². The van der Waals surface area contributed by atoms with Crippen LogP contribution in [0.15, 0.2) is 60.8 Å². The maximum absolute atomic E-state index is 12.9. The van der Waals surface area contributed by atoms with Gasteiger partial charge in [0.2, 0.25) is 0 Å². The molecule has 1 unspecified atom stereocenters. The van der Waals surface area contributed by atoms with E-state index >= 15 is 0 Å². The van der Waals surface area contributed by atoms with Crippen LogP contribution in [0.5, 0.6) is 0 Å². The van der Waals surface area contributed by atoms with Crippen LogP contribution in [0.1, 0.15) is 342 Å². The van der Waals surface area contributed by atoms with Gasteiger partial charge in [0.25, 0.3) is 0 Å². The molecule has 0 aliphatic carbocycles. The summed E-state index contributed by atoms with van der Waals surface area (Å²) in [6.07, 6.45) is 80.9. The molecule has 0 saturated heterocycles. The first-order chi connectivity index (χ1) is 37.0. The normalized spacial score (nSPS) is 12.4. The van der Waals surface area contributed by atoms with E-state index in [1.807, 2.05) is 0 Å². The summed E-state index contributed by atoms with van der Waals surface area (Å²) in [5.74, 6) is -0.880. The van der Waals surface area contributed by atoms with Crippen LogP contribution in [-0.4, -0.2) is 37.2 Å². The summed E-state index contributed by atoms with van der Waals surface area (Å²) in [6.45, 7) is 6.62. The maximum atomic E-state index is 12.9. The van der Waals surface area contributed by atoms with Crippen LogP contribution < -0.4 is 0 Å². The fourth-order valence-electron chi connectivity index (χ4n) is 9.49. The standard InChI is InChI=1S/C69H124O6/c1-4-7-10-13-16-19-22-24-26-28-30-32-34-36-38-40-42-44-47-50-53-56-59-62-68(71)74-65-66(64-73-67(70)61-58-55-52-49-46-21-18-15-12-9-6-3)75-69(72)63-60-57-54-51-48-45-43-41-39-37-35-33-31-29-27-25-23-20-17-14-11-8-5-2/h15,18,22,24,28-31,34,36,66H,4-14,16-17,19-21,23,25-27,32-33,35,37-65H2,1-3H3/b18-15-,24-22-,30-28-,31-29-,36-34-. The van der Waals surface area contributed by atoms with Gasteiger partial charge in [0, 0.05) is 19.3 Å². The highest BCUT2D eigenvalue weighted by Crippen LogP contribution is 2.17. The number of unbranched alkanes of at least 4 members (excludes halogenated alkanes) is 39. The quantitative estimate of drug-likeness (QED) is 0.0261. The molecule has 0 radical (unpaired) electrons. The van der Waals surface area contributed by atoms with E-state index < -0.39 is 6.10 Å². The second kappa shape index (κ2) is 63.6. The van der Waals surface area contributed by atoms with Gasteiger partial charge in [-0.05, 0) is 103 Å². The summed E-state index contributed by atoms with van der Waals surface area (Å²) in [6, 6.07) is 0. The van der Waals surface area contributed by atoms with Gasteiger partial charge in [-0.25, -0.2) is 0 Å². The van der Waals surface area contributed by atoms with E-state index in [1.165, 1.54) is 218 Å². The second-order valence-corrected chi connectivity index (χ2v) is 22.0. The van der Waals surface area contributed by atoms with Crippen molar-refractivity contribution < 1.29 is 28.6 Å². The average molecular weight is 1050 g/mol. The first kappa shape index (κ1) is 72.1. The molecular formula is C69H124O6. The summed E-state index contributed by atoms with van der Waals surface area (Å²) >= 11 is 0. The first-order valence-electron chi connectivity index (χ1n) is 32.8. The SMILES string of the molecule is CCCC/C=C\CCCCCCCC(=O)OCC(COC(=O)CCCCCCCCCC/C=C\C/C=C\C/C=C\CCCCCCC)OC(=O)CCCCCCCCCCCCC/C=C\CCCCCCCCCC. The minimum Gasteiger partial charge on any atom is -0.462 e. The van der Waals surface area contributed by atoms with Crippen molar-refractivity contribution in [2.45, 2.75) is 348 Å². The van der Waals surface area contributed by atoms with Gasteiger partial charge >= 0.3 is 17.9 Å². The zero-order chi connectivity index (χ0) is 54.3. The Kier molecular flexibility index (Phi) is 61.2. The van der Waals surface area contributed by atoms with Gasteiger partial charge in [0.15, 0.2) is 6.10 Å². The Morgan fingerprint density at radius 2 is 0.493 bits per heavy atom. The second-order valence-electron chi connectivity index (χ2n) is 22.0. The van der Waals surface area contributed by atoms with E-state index in [2.05, 4.69) is 81.5 Å². The third-order valence-corrected chi connectivity index (χ3v) is 14.5. The Labute approximate surface area is 466 Å². The monoisotopic (exact) mass is 1050 g/mol. The van der Waals surface area contributed by atoms with E-state index in [1.54, 1.807) is 0 Å². The molecular weight excluding hydrogens is 925 g/mol. The summed E-state index contributed by atoms with van der Waals surface area (Å²) in [5.41, 5.74) is 0. The topological polar surface area (TPSA) is 78.9 Å². The van der Waals surface area contributed by atoms with Crippen molar-refractivity contribution in [1.82, 2.24) is 0 Å². The van der Waals surface area contributed by atoms with Crippen LogP contribution in [0.25, 0.3) is 0 Å². The first-order valence-corrected chi connectivity index (χ1v) is 32.8. The molecule has 1 atom stereocenters. The minimum absolute atomic E-state index is 0.0793. The van der Waals surface area contributed by atoms with E-state index in [-0.39, 0.29) is 31.1 Å². The Morgan fingerprint density at radius 1 is 0.267 bits per heavy atom. The van der Waals surface area contributed by atoms with Crippen molar-refractivity contribution in [1.29, 1.82) is 0 Å². The van der Waals surface area contributed by atoms with Gasteiger partial charge in [-0.2, -0.15) is 0 Å². The number of hydrogen-bond donors (Lipinski definition) is 0. The molecule has 0 bridgehead atoms. The van der Waals surface area contributed by atoms with Gasteiger partial charge in [-0.1, -0.05) is 281 Å². The lowest BCUT2D eigenvalue weighted by molar-refractivity contribution is -0.167. The van der Waals surface area contributed by atoms with Crippen LogP contribution in [-0.2, 0) is 28.6 Å². The Bertz CT molecular complexity index is 1340. The number of carbonyl (C=O) groups is 3. The number of allylic oxidation sites excluding steroid dienone is 10. The van der Waals surface area contributed by atoms with E-state index in [0.29, 0.717) is 19.3 Å². The van der Waals surface area contributed by atoms with Gasteiger partial charge < -0.3 is 14.2 Å². The summed E-state index contributed by atoms with van der Waals surface area (Å²) < 4.78 is 16.9. The number of hydrogen-bond acceptors (Lipinski definition) is 6. The lowest BCUT2D eigenvalue weighted by Crippen LogP contribution is -2.30. The zero-order valence-electron chi connectivity index (χ0n) is 50.1. The smallest absolute Gasteiger partial charge is 0.306 e. The van der Waals surface area contributed by atoms with Crippen molar-refractivity contribution in [3.8, 4) is 0 Å². The molecule has 0 spiro atoms. The molecule has 0 fully saturated rings. The fraction of sp³-hybridized carbons (Fsp3) is 0.812. The number of carbonyl (C=O) groups excluding carboxylic acids is 3. The van der Waals surface area contributed by atoms with Crippen molar-refractivity contribution >= 4 is 17.9 Å². The molecule has 0 aromatic carbocycles. The molecule has 0 N–H and O–H groups in total. The lowest BCUT2D eigenvalue weighted by Gasteiger charge is -2.18. The zero-order valence-corrected chi connectivity index (χ0v) is 50.1. The molecule has 0 aliphatic heterocycles. The van der Waals surface area contributed by atoms with E-state index in [4.69, 9.17) is 14.2 Å². The highest BCUT2D eigenvalue weighted by atomic mass is 16.6. The molecule has 0 aliphatic rings. The van der Waals surface area contributed by atoms with Gasteiger partial charge in [-0.15, -0.1) is 0 Å². The Balaban J connectivity index is 4.27. The van der Waals surface area contributed by atoms with Crippen LogP contribution >= 0.6 is 0 Å². The minimum atomic E-state index is -0.781. The lowest BCUT2D eigenvalue weighted by atomic mass is 10.0. The van der Waals surface area contributed by atoms with E-state index in [9.17, 15) is 14.4 Å². The largest absolute Gasteiger partial charge is 0.462 e.